The lowest BCUT2D eigenvalue weighted by Crippen LogP contribution is -1.95. The molecule has 0 aromatic carbocycles. The summed E-state index contributed by atoms with van der Waals surface area (Å²) in [6.07, 6.45) is 20.5. The molecular weight excluding hydrogens is 228 g/mol. The van der Waals surface area contributed by atoms with E-state index in [0.717, 1.165) is 19.3 Å². The van der Waals surface area contributed by atoms with Crippen molar-refractivity contribution in [1.82, 2.24) is 0 Å². The Morgan fingerprint density at radius 3 is 2.05 bits per heavy atom. The number of terminal acetylenes is 1. The Kier molecular flexibility index (Phi) is 14.5. The lowest BCUT2D eigenvalue weighted by atomic mass is 9.98. The smallest absolute Gasteiger partial charge is 0.0309 e. The Bertz CT molecular complexity index is 271. The van der Waals surface area contributed by atoms with Gasteiger partial charge in [0.15, 0.2) is 0 Å². The molecule has 19 heavy (non-hydrogen) atoms. The van der Waals surface area contributed by atoms with Crippen molar-refractivity contribution in [2.45, 2.75) is 90.9 Å². The molecule has 0 heterocycles. The predicted octanol–water partition coefficient (Wildman–Crippen LogP) is 5.96. The first-order valence-corrected chi connectivity index (χ1v) is 8.27. The van der Waals surface area contributed by atoms with Crippen molar-refractivity contribution in [3.8, 4) is 24.2 Å². The van der Waals surface area contributed by atoms with Crippen LogP contribution in [0.4, 0.5) is 0 Å². The van der Waals surface area contributed by atoms with Crippen LogP contribution in [0.25, 0.3) is 0 Å². The van der Waals surface area contributed by atoms with Crippen molar-refractivity contribution in [3.05, 3.63) is 0 Å². The molecule has 108 valence electrons. The second-order valence-electron chi connectivity index (χ2n) is 5.43. The second kappa shape index (κ2) is 15.2. The van der Waals surface area contributed by atoms with Crippen LogP contribution < -0.4 is 0 Å². The third-order valence-electron chi connectivity index (χ3n) is 3.52. The van der Waals surface area contributed by atoms with Gasteiger partial charge in [-0.25, -0.2) is 0 Å². The van der Waals surface area contributed by atoms with Crippen LogP contribution in [0.3, 0.4) is 0 Å². The van der Waals surface area contributed by atoms with E-state index in [-0.39, 0.29) is 0 Å². The Hall–Kier alpha value is -0.880. The second-order valence-corrected chi connectivity index (χ2v) is 5.43. The van der Waals surface area contributed by atoms with Crippen molar-refractivity contribution in [2.24, 2.45) is 5.92 Å². The summed E-state index contributed by atoms with van der Waals surface area (Å²) in [6, 6.07) is 0. The van der Waals surface area contributed by atoms with E-state index in [2.05, 4.69) is 31.6 Å². The molecule has 0 aliphatic rings. The summed E-state index contributed by atoms with van der Waals surface area (Å²) in [5.74, 6) is 9.83. The zero-order valence-electron chi connectivity index (χ0n) is 13.1. The van der Waals surface area contributed by atoms with Crippen molar-refractivity contribution in [3.63, 3.8) is 0 Å². The van der Waals surface area contributed by atoms with Gasteiger partial charge in [-0.1, -0.05) is 65.2 Å². The molecule has 0 spiro atoms. The maximum Gasteiger partial charge on any atom is 0.0309 e. The van der Waals surface area contributed by atoms with Gasteiger partial charge in [-0.3, -0.25) is 0 Å². The molecule has 0 amide bonds. The van der Waals surface area contributed by atoms with E-state index in [1.54, 1.807) is 0 Å². The molecule has 0 aromatic heterocycles. The molecule has 0 N–H and O–H groups in total. The van der Waals surface area contributed by atoms with Crippen molar-refractivity contribution < 1.29 is 0 Å². The standard InChI is InChI=1S/C19H32/c1-4-7-9-11-12-14-16-18-19(6-3)17-15-13-10-8-5-2/h3,19H,4-5,7-13,15,17-18H2,1-2H3. The van der Waals surface area contributed by atoms with Crippen LogP contribution in [0.1, 0.15) is 90.9 Å². The fourth-order valence-corrected chi connectivity index (χ4v) is 2.16. The van der Waals surface area contributed by atoms with Gasteiger partial charge in [0.05, 0.1) is 0 Å². The highest BCUT2D eigenvalue weighted by molar-refractivity contribution is 5.05. The van der Waals surface area contributed by atoms with Gasteiger partial charge in [0, 0.05) is 18.8 Å². The minimum atomic E-state index is 0.379. The Morgan fingerprint density at radius 1 is 0.789 bits per heavy atom. The van der Waals surface area contributed by atoms with Crippen LogP contribution in [0, 0.1) is 30.1 Å². The van der Waals surface area contributed by atoms with E-state index in [1.807, 2.05) is 0 Å². The zero-order chi connectivity index (χ0) is 14.2. The molecule has 1 unspecified atom stereocenters. The average molecular weight is 260 g/mol. The zero-order valence-corrected chi connectivity index (χ0v) is 13.1. The molecule has 0 aliphatic carbocycles. The van der Waals surface area contributed by atoms with Gasteiger partial charge < -0.3 is 0 Å². The van der Waals surface area contributed by atoms with Crippen LogP contribution in [0.5, 0.6) is 0 Å². The van der Waals surface area contributed by atoms with Crippen LogP contribution in [0.15, 0.2) is 0 Å². The average Bonchev–Trinajstić information content (AvgIpc) is 2.44. The minimum Gasteiger partial charge on any atom is -0.120 e. The summed E-state index contributed by atoms with van der Waals surface area (Å²) in [5.41, 5.74) is 0. The number of hydrogen-bond acceptors (Lipinski definition) is 0. The SMILES string of the molecule is C#CC(CC#CCCCCCC)CCCCCCC. The normalized spacial score (nSPS) is 11.4. The molecule has 1 atom stereocenters. The molecule has 0 fully saturated rings. The van der Waals surface area contributed by atoms with Gasteiger partial charge in [0.1, 0.15) is 0 Å². The van der Waals surface area contributed by atoms with Crippen molar-refractivity contribution in [1.29, 1.82) is 0 Å². The first-order valence-electron chi connectivity index (χ1n) is 8.27. The first-order chi connectivity index (χ1) is 9.35. The lowest BCUT2D eigenvalue weighted by Gasteiger charge is -2.06. The molecule has 0 saturated heterocycles. The Labute approximate surface area is 121 Å². The summed E-state index contributed by atoms with van der Waals surface area (Å²) in [6.45, 7) is 4.49. The molecule has 0 aliphatic heterocycles. The van der Waals surface area contributed by atoms with Gasteiger partial charge in [0.2, 0.25) is 0 Å². The number of rotatable bonds is 11. The predicted molar refractivity (Wildman–Crippen MR) is 86.9 cm³/mol. The van der Waals surface area contributed by atoms with E-state index in [1.165, 1.54) is 57.8 Å². The summed E-state index contributed by atoms with van der Waals surface area (Å²) >= 11 is 0. The molecule has 0 rings (SSSR count). The molecule has 0 bridgehead atoms. The van der Waals surface area contributed by atoms with Crippen LogP contribution >= 0.6 is 0 Å². The topological polar surface area (TPSA) is 0 Å². The molecule has 0 radical (unpaired) electrons. The summed E-state index contributed by atoms with van der Waals surface area (Å²) < 4.78 is 0. The quantitative estimate of drug-likeness (QED) is 0.317. The maximum absolute atomic E-state index is 5.58. The van der Waals surface area contributed by atoms with Gasteiger partial charge in [-0.05, 0) is 12.8 Å². The minimum absolute atomic E-state index is 0.379. The molecule has 0 aromatic rings. The van der Waals surface area contributed by atoms with Crippen molar-refractivity contribution in [2.75, 3.05) is 0 Å². The third-order valence-corrected chi connectivity index (χ3v) is 3.52. The van der Waals surface area contributed by atoms with E-state index in [9.17, 15) is 0 Å². The highest BCUT2D eigenvalue weighted by atomic mass is 14.1. The molecular formula is C19H32. The first kappa shape index (κ1) is 18.1. The summed E-state index contributed by atoms with van der Waals surface area (Å²) in [4.78, 5) is 0. The molecule has 0 saturated carbocycles. The molecule has 0 heteroatoms. The van der Waals surface area contributed by atoms with Crippen molar-refractivity contribution >= 4 is 0 Å². The van der Waals surface area contributed by atoms with Crippen LogP contribution in [-0.4, -0.2) is 0 Å². The summed E-state index contributed by atoms with van der Waals surface area (Å²) in [7, 11) is 0. The van der Waals surface area contributed by atoms with Crippen LogP contribution in [0.2, 0.25) is 0 Å². The fraction of sp³-hybridized carbons (Fsp3) is 0.789. The van der Waals surface area contributed by atoms with Gasteiger partial charge in [-0.2, -0.15) is 0 Å². The van der Waals surface area contributed by atoms with E-state index in [4.69, 9.17) is 6.42 Å². The molecule has 0 nitrogen and oxygen atoms in total. The van der Waals surface area contributed by atoms with Gasteiger partial charge >= 0.3 is 0 Å². The monoisotopic (exact) mass is 260 g/mol. The Balaban J connectivity index is 3.53. The van der Waals surface area contributed by atoms with Gasteiger partial charge in [-0.15, -0.1) is 24.2 Å². The highest BCUT2D eigenvalue weighted by Gasteiger charge is 2.02. The number of unbranched alkanes of at least 4 members (excludes halogenated alkanes) is 8. The lowest BCUT2D eigenvalue weighted by molar-refractivity contribution is 0.542. The van der Waals surface area contributed by atoms with E-state index in [0.29, 0.717) is 5.92 Å². The highest BCUT2D eigenvalue weighted by Crippen LogP contribution is 2.13. The number of hydrogen-bond donors (Lipinski definition) is 0. The largest absolute Gasteiger partial charge is 0.120 e. The van der Waals surface area contributed by atoms with Crippen LogP contribution in [-0.2, 0) is 0 Å². The third kappa shape index (κ3) is 13.4. The fourth-order valence-electron chi connectivity index (χ4n) is 2.16. The Morgan fingerprint density at radius 2 is 1.42 bits per heavy atom. The maximum atomic E-state index is 5.58. The van der Waals surface area contributed by atoms with Gasteiger partial charge in [0.25, 0.3) is 0 Å². The van der Waals surface area contributed by atoms with E-state index >= 15 is 0 Å². The van der Waals surface area contributed by atoms with E-state index < -0.39 is 0 Å². The summed E-state index contributed by atoms with van der Waals surface area (Å²) in [5, 5.41) is 0.